The number of rotatable bonds is 3. The summed E-state index contributed by atoms with van der Waals surface area (Å²) >= 11 is 0. The molecular formula is C19H17NO3. The molecule has 0 saturated carbocycles. The van der Waals surface area contributed by atoms with Gasteiger partial charge in [-0.25, -0.2) is 0 Å². The standard InChI is InChI=1S/C19H17NO3/c1-12-5-3-4-6-17(12)20-19(22)16-10-14-9-15(23-2)8-7-13(14)11-18(16)21/h3-11,21H,1-2H3,(H,20,22). The van der Waals surface area contributed by atoms with Crippen molar-refractivity contribution in [2.75, 3.05) is 12.4 Å². The van der Waals surface area contributed by atoms with Crippen LogP contribution in [0.3, 0.4) is 0 Å². The molecule has 0 aliphatic rings. The molecule has 0 aliphatic carbocycles. The van der Waals surface area contributed by atoms with Crippen LogP contribution in [0.25, 0.3) is 10.8 Å². The number of amides is 1. The zero-order valence-electron chi connectivity index (χ0n) is 13.0. The highest BCUT2D eigenvalue weighted by Gasteiger charge is 2.14. The Balaban J connectivity index is 1.99. The topological polar surface area (TPSA) is 58.6 Å². The van der Waals surface area contributed by atoms with Gasteiger partial charge in [-0.3, -0.25) is 4.79 Å². The molecular weight excluding hydrogens is 290 g/mol. The lowest BCUT2D eigenvalue weighted by atomic mass is 10.0. The van der Waals surface area contributed by atoms with E-state index in [0.29, 0.717) is 5.75 Å². The summed E-state index contributed by atoms with van der Waals surface area (Å²) in [6.45, 7) is 1.92. The molecule has 0 bridgehead atoms. The fourth-order valence-corrected chi connectivity index (χ4v) is 2.48. The van der Waals surface area contributed by atoms with Crippen molar-refractivity contribution in [2.45, 2.75) is 6.92 Å². The van der Waals surface area contributed by atoms with Crippen molar-refractivity contribution in [1.29, 1.82) is 0 Å². The first-order valence-electron chi connectivity index (χ1n) is 7.26. The number of aryl methyl sites for hydroxylation is 1. The minimum absolute atomic E-state index is 0.0475. The molecule has 116 valence electrons. The van der Waals surface area contributed by atoms with Crippen LogP contribution < -0.4 is 10.1 Å². The second-order valence-electron chi connectivity index (χ2n) is 5.35. The van der Waals surface area contributed by atoms with Gasteiger partial charge >= 0.3 is 0 Å². The van der Waals surface area contributed by atoms with Crippen molar-refractivity contribution in [3.63, 3.8) is 0 Å². The van der Waals surface area contributed by atoms with E-state index in [1.54, 1.807) is 19.2 Å². The van der Waals surface area contributed by atoms with Crippen LogP contribution in [0.15, 0.2) is 54.6 Å². The maximum Gasteiger partial charge on any atom is 0.259 e. The Hall–Kier alpha value is -3.01. The van der Waals surface area contributed by atoms with E-state index in [-0.39, 0.29) is 17.2 Å². The number of aromatic hydroxyl groups is 1. The summed E-state index contributed by atoms with van der Waals surface area (Å²) in [5, 5.41) is 14.7. The van der Waals surface area contributed by atoms with Gasteiger partial charge in [0.25, 0.3) is 5.91 Å². The van der Waals surface area contributed by atoms with Crippen molar-refractivity contribution >= 4 is 22.4 Å². The molecule has 0 radical (unpaired) electrons. The third-order valence-electron chi connectivity index (χ3n) is 3.80. The normalized spacial score (nSPS) is 10.5. The Morgan fingerprint density at radius 3 is 2.57 bits per heavy atom. The van der Waals surface area contributed by atoms with Crippen LogP contribution in [0.1, 0.15) is 15.9 Å². The van der Waals surface area contributed by atoms with E-state index in [1.165, 1.54) is 0 Å². The lowest BCUT2D eigenvalue weighted by Gasteiger charge is -2.11. The van der Waals surface area contributed by atoms with Gasteiger partial charge in [-0.1, -0.05) is 24.3 Å². The highest BCUT2D eigenvalue weighted by atomic mass is 16.5. The minimum atomic E-state index is -0.346. The number of phenolic OH excluding ortho intramolecular Hbond substituents is 1. The summed E-state index contributed by atoms with van der Waals surface area (Å²) in [5.41, 5.74) is 1.92. The first-order valence-corrected chi connectivity index (χ1v) is 7.26. The van der Waals surface area contributed by atoms with Crippen LogP contribution in [0, 0.1) is 6.92 Å². The Morgan fingerprint density at radius 1 is 1.04 bits per heavy atom. The van der Waals surface area contributed by atoms with Crippen molar-refractivity contribution < 1.29 is 14.6 Å². The quantitative estimate of drug-likeness (QED) is 0.765. The molecule has 0 heterocycles. The SMILES string of the molecule is COc1ccc2cc(O)c(C(=O)Nc3ccccc3C)cc2c1. The lowest BCUT2D eigenvalue weighted by molar-refractivity contribution is 0.102. The van der Waals surface area contributed by atoms with Gasteiger partial charge in [0.1, 0.15) is 11.5 Å². The average Bonchev–Trinajstić information content (AvgIpc) is 2.55. The van der Waals surface area contributed by atoms with Crippen LogP contribution in [-0.2, 0) is 0 Å². The van der Waals surface area contributed by atoms with Crippen LogP contribution in [0.2, 0.25) is 0 Å². The van der Waals surface area contributed by atoms with E-state index in [9.17, 15) is 9.90 Å². The van der Waals surface area contributed by atoms with E-state index in [0.717, 1.165) is 22.0 Å². The number of hydrogen-bond acceptors (Lipinski definition) is 3. The Kier molecular flexibility index (Phi) is 3.89. The van der Waals surface area contributed by atoms with Crippen molar-refractivity contribution in [3.8, 4) is 11.5 Å². The molecule has 3 aromatic carbocycles. The number of para-hydroxylation sites is 1. The highest BCUT2D eigenvalue weighted by molar-refractivity contribution is 6.09. The molecule has 3 rings (SSSR count). The molecule has 23 heavy (non-hydrogen) atoms. The first kappa shape index (κ1) is 14.9. The molecule has 1 amide bonds. The van der Waals surface area contributed by atoms with E-state index in [4.69, 9.17) is 4.74 Å². The molecule has 0 fully saturated rings. The van der Waals surface area contributed by atoms with Gasteiger partial charge in [-0.2, -0.15) is 0 Å². The zero-order valence-corrected chi connectivity index (χ0v) is 13.0. The maximum atomic E-state index is 12.5. The van der Waals surface area contributed by atoms with Gasteiger partial charge < -0.3 is 15.2 Å². The monoisotopic (exact) mass is 307 g/mol. The van der Waals surface area contributed by atoms with Gasteiger partial charge in [0, 0.05) is 5.69 Å². The minimum Gasteiger partial charge on any atom is -0.507 e. The molecule has 2 N–H and O–H groups in total. The van der Waals surface area contributed by atoms with Crippen LogP contribution in [0.5, 0.6) is 11.5 Å². The molecule has 0 aliphatic heterocycles. The molecule has 4 nitrogen and oxygen atoms in total. The summed E-state index contributed by atoms with van der Waals surface area (Å²) in [4.78, 5) is 12.5. The predicted octanol–water partition coefficient (Wildman–Crippen LogP) is 4.11. The number of nitrogens with one attached hydrogen (secondary N) is 1. The molecule has 3 aromatic rings. The third kappa shape index (κ3) is 2.97. The maximum absolute atomic E-state index is 12.5. The zero-order chi connectivity index (χ0) is 16.4. The van der Waals surface area contributed by atoms with Crippen LogP contribution in [-0.4, -0.2) is 18.1 Å². The van der Waals surface area contributed by atoms with Crippen molar-refractivity contribution in [2.24, 2.45) is 0 Å². The van der Waals surface area contributed by atoms with Gasteiger partial charge in [0.15, 0.2) is 0 Å². The Labute approximate surface area is 134 Å². The van der Waals surface area contributed by atoms with E-state index in [1.807, 2.05) is 49.4 Å². The number of carbonyl (C=O) groups excluding carboxylic acids is 1. The first-order chi connectivity index (χ1) is 11.1. The van der Waals surface area contributed by atoms with E-state index in [2.05, 4.69) is 5.32 Å². The number of carbonyl (C=O) groups is 1. The Bertz CT molecular complexity index is 887. The summed E-state index contributed by atoms with van der Waals surface area (Å²) in [5.74, 6) is 0.309. The number of anilines is 1. The number of benzene rings is 3. The number of methoxy groups -OCH3 is 1. The average molecular weight is 307 g/mol. The van der Waals surface area contributed by atoms with Gasteiger partial charge in [-0.15, -0.1) is 0 Å². The smallest absolute Gasteiger partial charge is 0.259 e. The highest BCUT2D eigenvalue weighted by Crippen LogP contribution is 2.28. The molecule has 0 spiro atoms. The summed E-state index contributed by atoms with van der Waals surface area (Å²) < 4.78 is 5.20. The molecule has 0 saturated heterocycles. The molecule has 0 aromatic heterocycles. The fourth-order valence-electron chi connectivity index (χ4n) is 2.48. The van der Waals surface area contributed by atoms with E-state index < -0.39 is 0 Å². The summed E-state index contributed by atoms with van der Waals surface area (Å²) in [7, 11) is 1.59. The van der Waals surface area contributed by atoms with Gasteiger partial charge in [0.05, 0.1) is 12.7 Å². The number of fused-ring (bicyclic) bond motifs is 1. The lowest BCUT2D eigenvalue weighted by Crippen LogP contribution is -2.13. The van der Waals surface area contributed by atoms with E-state index >= 15 is 0 Å². The van der Waals surface area contributed by atoms with Crippen LogP contribution >= 0.6 is 0 Å². The number of phenols is 1. The summed E-state index contributed by atoms with van der Waals surface area (Å²) in [6, 6.07) is 16.3. The van der Waals surface area contributed by atoms with Gasteiger partial charge in [-0.05, 0) is 53.6 Å². The third-order valence-corrected chi connectivity index (χ3v) is 3.80. The Morgan fingerprint density at radius 2 is 1.83 bits per heavy atom. The predicted molar refractivity (Wildman–Crippen MR) is 91.3 cm³/mol. The van der Waals surface area contributed by atoms with Crippen LogP contribution in [0.4, 0.5) is 5.69 Å². The second kappa shape index (κ2) is 6.01. The van der Waals surface area contributed by atoms with Gasteiger partial charge in [0.2, 0.25) is 0 Å². The number of ether oxygens (including phenoxy) is 1. The van der Waals surface area contributed by atoms with Crippen molar-refractivity contribution in [1.82, 2.24) is 0 Å². The molecule has 0 atom stereocenters. The molecule has 4 heteroatoms. The fraction of sp³-hybridized carbons (Fsp3) is 0.105. The summed E-state index contributed by atoms with van der Waals surface area (Å²) in [6.07, 6.45) is 0. The largest absolute Gasteiger partial charge is 0.507 e. The number of hydrogen-bond donors (Lipinski definition) is 2. The molecule has 0 unspecified atom stereocenters. The second-order valence-corrected chi connectivity index (χ2v) is 5.35. The van der Waals surface area contributed by atoms with Crippen molar-refractivity contribution in [3.05, 3.63) is 65.7 Å².